The Hall–Kier alpha value is -2.34. The number of halogens is 1. The molecule has 104 valence electrons. The summed E-state index contributed by atoms with van der Waals surface area (Å²) in [5, 5.41) is 12.6. The summed E-state index contributed by atoms with van der Waals surface area (Å²) in [7, 11) is 0. The van der Waals surface area contributed by atoms with Crippen LogP contribution in [0.4, 0.5) is 0 Å². The number of ether oxygens (including phenoxy) is 1. The van der Waals surface area contributed by atoms with E-state index in [0.29, 0.717) is 10.8 Å². The predicted molar refractivity (Wildman–Crippen MR) is 69.3 cm³/mol. The van der Waals surface area contributed by atoms with Crippen LogP contribution in [0.25, 0.3) is 0 Å². The topological polar surface area (TPSA) is 89.6 Å². The lowest BCUT2D eigenvalue weighted by Gasteiger charge is -2.08. The van der Waals surface area contributed by atoms with Crippen molar-refractivity contribution >= 4 is 23.4 Å². The van der Waals surface area contributed by atoms with Gasteiger partial charge < -0.3 is 14.4 Å². The predicted octanol–water partition coefficient (Wildman–Crippen LogP) is 2.33. The molecule has 0 saturated carbocycles. The largest absolute Gasteiger partial charge is 0.481 e. The molecule has 1 heterocycles. The third-order valence-electron chi connectivity index (χ3n) is 2.40. The van der Waals surface area contributed by atoms with Crippen LogP contribution in [0.15, 0.2) is 28.8 Å². The molecule has 0 aliphatic heterocycles. The van der Waals surface area contributed by atoms with Gasteiger partial charge in [0.15, 0.2) is 12.3 Å². The van der Waals surface area contributed by atoms with Crippen molar-refractivity contribution in [3.05, 3.63) is 46.3 Å². The van der Waals surface area contributed by atoms with Gasteiger partial charge in [-0.1, -0.05) is 16.8 Å². The van der Waals surface area contributed by atoms with Crippen LogP contribution in [0.5, 0.6) is 5.75 Å². The van der Waals surface area contributed by atoms with Gasteiger partial charge in [-0.05, 0) is 25.1 Å². The minimum Gasteiger partial charge on any atom is -0.481 e. The molecular weight excluding hydrogens is 286 g/mol. The first kappa shape index (κ1) is 14.1. The van der Waals surface area contributed by atoms with E-state index in [4.69, 9.17) is 26.0 Å². The standard InChI is InChI=1S/C13H10ClNO5/c1-7-4-10(15-20-7)13(18)9-5-8(14)2-3-11(9)19-6-12(16)17/h2-5H,6H2,1H3,(H,16,17). The molecule has 0 atom stereocenters. The highest BCUT2D eigenvalue weighted by Gasteiger charge is 2.19. The van der Waals surface area contributed by atoms with Gasteiger partial charge in [0.2, 0.25) is 5.78 Å². The highest BCUT2D eigenvalue weighted by molar-refractivity contribution is 6.31. The number of carbonyl (C=O) groups excluding carboxylic acids is 1. The number of carbonyl (C=O) groups is 2. The van der Waals surface area contributed by atoms with Gasteiger partial charge in [0.1, 0.15) is 11.5 Å². The molecule has 0 saturated heterocycles. The van der Waals surface area contributed by atoms with Crippen molar-refractivity contribution in [3.8, 4) is 5.75 Å². The number of hydrogen-bond acceptors (Lipinski definition) is 5. The first-order valence-corrected chi connectivity index (χ1v) is 5.97. The lowest BCUT2D eigenvalue weighted by molar-refractivity contribution is -0.139. The van der Waals surface area contributed by atoms with Crippen molar-refractivity contribution in [3.63, 3.8) is 0 Å². The number of aromatic nitrogens is 1. The Morgan fingerprint density at radius 1 is 1.40 bits per heavy atom. The van der Waals surface area contributed by atoms with Crippen molar-refractivity contribution in [2.45, 2.75) is 6.92 Å². The van der Waals surface area contributed by atoms with Crippen LogP contribution in [0, 0.1) is 6.92 Å². The molecular formula is C13H10ClNO5. The maximum atomic E-state index is 12.3. The SMILES string of the molecule is Cc1cc(C(=O)c2cc(Cl)ccc2OCC(=O)O)no1. The Bertz CT molecular complexity index is 665. The van der Waals surface area contributed by atoms with Crippen LogP contribution in [0.3, 0.4) is 0 Å². The quantitative estimate of drug-likeness (QED) is 0.852. The second kappa shape index (κ2) is 5.75. The molecule has 0 spiro atoms. The van der Waals surface area contributed by atoms with Crippen molar-refractivity contribution in [2.24, 2.45) is 0 Å². The van der Waals surface area contributed by atoms with Crippen LogP contribution in [-0.2, 0) is 4.79 Å². The molecule has 0 radical (unpaired) electrons. The second-order valence-electron chi connectivity index (χ2n) is 3.97. The van der Waals surface area contributed by atoms with Crippen molar-refractivity contribution in [1.82, 2.24) is 5.16 Å². The highest BCUT2D eigenvalue weighted by atomic mass is 35.5. The Balaban J connectivity index is 2.35. The van der Waals surface area contributed by atoms with E-state index < -0.39 is 18.4 Å². The van der Waals surface area contributed by atoms with E-state index in [1.807, 2.05) is 0 Å². The van der Waals surface area contributed by atoms with Gasteiger partial charge in [-0.3, -0.25) is 4.79 Å². The zero-order valence-corrected chi connectivity index (χ0v) is 11.2. The number of aliphatic carboxylic acids is 1. The fourth-order valence-electron chi connectivity index (χ4n) is 1.56. The summed E-state index contributed by atoms with van der Waals surface area (Å²) in [4.78, 5) is 22.8. The van der Waals surface area contributed by atoms with Crippen molar-refractivity contribution < 1.29 is 24.0 Å². The minimum absolute atomic E-state index is 0.102. The van der Waals surface area contributed by atoms with Crippen molar-refractivity contribution in [2.75, 3.05) is 6.61 Å². The molecule has 2 rings (SSSR count). The summed E-state index contributed by atoms with van der Waals surface area (Å²) >= 11 is 5.85. The molecule has 6 nitrogen and oxygen atoms in total. The summed E-state index contributed by atoms with van der Waals surface area (Å²) in [6.07, 6.45) is 0. The van der Waals surface area contributed by atoms with E-state index in [9.17, 15) is 9.59 Å². The fourth-order valence-corrected chi connectivity index (χ4v) is 1.73. The average molecular weight is 296 g/mol. The molecule has 1 N–H and O–H groups in total. The lowest BCUT2D eigenvalue weighted by atomic mass is 10.1. The minimum atomic E-state index is -1.14. The lowest BCUT2D eigenvalue weighted by Crippen LogP contribution is -2.12. The number of nitrogens with zero attached hydrogens (tertiary/aromatic N) is 1. The normalized spacial score (nSPS) is 10.3. The number of carboxylic acid groups (broad SMARTS) is 1. The number of carboxylic acids is 1. The van der Waals surface area contributed by atoms with Gasteiger partial charge in [-0.25, -0.2) is 4.79 Å². The number of benzene rings is 1. The first-order valence-electron chi connectivity index (χ1n) is 5.59. The smallest absolute Gasteiger partial charge is 0.341 e. The van der Waals surface area contributed by atoms with Crippen LogP contribution < -0.4 is 4.74 Å². The van der Waals surface area contributed by atoms with Crippen LogP contribution >= 0.6 is 11.6 Å². The van der Waals surface area contributed by atoms with Gasteiger partial charge in [0, 0.05) is 11.1 Å². The summed E-state index contributed by atoms with van der Waals surface area (Å²) in [5.74, 6) is -0.980. The summed E-state index contributed by atoms with van der Waals surface area (Å²) < 4.78 is 9.90. The molecule has 1 aromatic carbocycles. The third kappa shape index (κ3) is 3.16. The Morgan fingerprint density at radius 3 is 2.75 bits per heavy atom. The Morgan fingerprint density at radius 2 is 2.15 bits per heavy atom. The molecule has 1 aromatic heterocycles. The molecule has 0 amide bonds. The first-order chi connectivity index (χ1) is 9.47. The zero-order valence-electron chi connectivity index (χ0n) is 10.4. The summed E-state index contributed by atoms with van der Waals surface area (Å²) in [6.45, 7) is 1.10. The maximum Gasteiger partial charge on any atom is 0.341 e. The average Bonchev–Trinajstić information content (AvgIpc) is 2.83. The van der Waals surface area contributed by atoms with Gasteiger partial charge in [0.25, 0.3) is 0 Å². The Labute approximate surface area is 118 Å². The highest BCUT2D eigenvalue weighted by Crippen LogP contribution is 2.25. The van der Waals surface area contributed by atoms with E-state index >= 15 is 0 Å². The third-order valence-corrected chi connectivity index (χ3v) is 2.63. The van der Waals surface area contributed by atoms with E-state index in [1.54, 1.807) is 6.92 Å². The van der Waals surface area contributed by atoms with E-state index in [2.05, 4.69) is 5.16 Å². The van der Waals surface area contributed by atoms with E-state index in [0.717, 1.165) is 0 Å². The molecule has 0 unspecified atom stereocenters. The monoisotopic (exact) mass is 295 g/mol. The Kier molecular flexibility index (Phi) is 4.05. The van der Waals surface area contributed by atoms with E-state index in [1.165, 1.54) is 24.3 Å². The number of hydrogen-bond donors (Lipinski definition) is 1. The van der Waals surface area contributed by atoms with Gasteiger partial charge in [-0.15, -0.1) is 0 Å². The van der Waals surface area contributed by atoms with Crippen LogP contribution in [-0.4, -0.2) is 28.6 Å². The molecule has 20 heavy (non-hydrogen) atoms. The molecule has 0 bridgehead atoms. The number of aryl methyl sites for hydroxylation is 1. The molecule has 0 aliphatic carbocycles. The van der Waals surface area contributed by atoms with Gasteiger partial charge >= 0.3 is 5.97 Å². The summed E-state index contributed by atoms with van der Waals surface area (Å²) in [5.41, 5.74) is 0.233. The van der Waals surface area contributed by atoms with Gasteiger partial charge in [0.05, 0.1) is 5.56 Å². The zero-order chi connectivity index (χ0) is 14.7. The van der Waals surface area contributed by atoms with Crippen LogP contribution in [0.2, 0.25) is 5.02 Å². The molecule has 0 fully saturated rings. The molecule has 2 aromatic rings. The van der Waals surface area contributed by atoms with Gasteiger partial charge in [-0.2, -0.15) is 0 Å². The van der Waals surface area contributed by atoms with Crippen molar-refractivity contribution in [1.29, 1.82) is 0 Å². The number of rotatable bonds is 5. The molecule has 0 aliphatic rings. The van der Waals surface area contributed by atoms with E-state index in [-0.39, 0.29) is 17.0 Å². The number of ketones is 1. The molecule has 7 heteroatoms. The fraction of sp³-hybridized carbons (Fsp3) is 0.154. The maximum absolute atomic E-state index is 12.3. The second-order valence-corrected chi connectivity index (χ2v) is 4.41. The van der Waals surface area contributed by atoms with Crippen LogP contribution in [0.1, 0.15) is 21.8 Å². The summed E-state index contributed by atoms with van der Waals surface area (Å²) in [6, 6.07) is 5.81.